The largest absolute Gasteiger partial charge is 0.340 e. The lowest BCUT2D eigenvalue weighted by molar-refractivity contribution is 0.102. The van der Waals surface area contributed by atoms with E-state index in [4.69, 9.17) is 5.26 Å². The van der Waals surface area contributed by atoms with Crippen LogP contribution in [0.3, 0.4) is 0 Å². The fourth-order valence-corrected chi connectivity index (χ4v) is 2.57. The van der Waals surface area contributed by atoms with Gasteiger partial charge in [-0.25, -0.2) is 4.98 Å². The molecule has 0 saturated carbocycles. The average Bonchev–Trinajstić information content (AvgIpc) is 2.69. The second-order valence-corrected chi connectivity index (χ2v) is 6.48. The van der Waals surface area contributed by atoms with Gasteiger partial charge >= 0.3 is 0 Å². The third kappa shape index (κ3) is 4.71. The fourth-order valence-electron chi connectivity index (χ4n) is 2.57. The molecule has 2 aromatic carbocycles. The smallest absolute Gasteiger partial charge is 0.257 e. The molecular weight excluding hydrogens is 336 g/mol. The lowest BCUT2D eigenvalue weighted by Gasteiger charge is -2.09. The van der Waals surface area contributed by atoms with Crippen LogP contribution in [0.1, 0.15) is 41.3 Å². The van der Waals surface area contributed by atoms with Gasteiger partial charge in [-0.3, -0.25) is 4.79 Å². The minimum Gasteiger partial charge on any atom is -0.340 e. The van der Waals surface area contributed by atoms with Crippen LogP contribution < -0.4 is 10.6 Å². The van der Waals surface area contributed by atoms with Crippen molar-refractivity contribution in [1.29, 1.82) is 5.26 Å². The molecule has 0 atom stereocenters. The molecule has 5 nitrogen and oxygen atoms in total. The minimum atomic E-state index is -0.273. The van der Waals surface area contributed by atoms with Crippen molar-refractivity contribution in [1.82, 2.24) is 4.98 Å². The number of amides is 1. The summed E-state index contributed by atoms with van der Waals surface area (Å²) in [7, 11) is 0. The predicted octanol–water partition coefficient (Wildman–Crippen LogP) is 5.07. The van der Waals surface area contributed by atoms with E-state index in [9.17, 15) is 4.79 Å². The summed E-state index contributed by atoms with van der Waals surface area (Å²) in [5.41, 5.74) is 3.73. The Morgan fingerprint density at radius 3 is 2.44 bits per heavy atom. The molecule has 0 bridgehead atoms. The van der Waals surface area contributed by atoms with Crippen molar-refractivity contribution in [2.45, 2.75) is 19.8 Å². The highest BCUT2D eigenvalue weighted by Gasteiger charge is 2.08. The summed E-state index contributed by atoms with van der Waals surface area (Å²) in [6, 6.07) is 20.5. The first-order chi connectivity index (χ1) is 13.0. The summed E-state index contributed by atoms with van der Waals surface area (Å²) < 4.78 is 0. The van der Waals surface area contributed by atoms with Crippen molar-refractivity contribution in [2.24, 2.45) is 0 Å². The number of rotatable bonds is 5. The molecule has 2 N–H and O–H groups in total. The molecule has 3 aromatic rings. The number of nitrogens with one attached hydrogen (secondary N) is 2. The van der Waals surface area contributed by atoms with Gasteiger partial charge in [0.2, 0.25) is 0 Å². The maximum absolute atomic E-state index is 12.3. The van der Waals surface area contributed by atoms with Crippen LogP contribution in [0.5, 0.6) is 0 Å². The van der Waals surface area contributed by atoms with Gasteiger partial charge in [-0.1, -0.05) is 32.0 Å². The zero-order valence-electron chi connectivity index (χ0n) is 15.2. The molecule has 1 amide bonds. The van der Waals surface area contributed by atoms with E-state index in [0.29, 0.717) is 28.6 Å². The Balaban J connectivity index is 1.65. The molecule has 0 fully saturated rings. The second kappa shape index (κ2) is 8.15. The molecule has 0 unspecified atom stereocenters. The SMILES string of the molecule is CC(C)c1ccc(Nc2ccc(C(=O)Nc3cccc(C#N)c3)cn2)cc1. The van der Waals surface area contributed by atoms with Crippen LogP contribution in [-0.4, -0.2) is 10.9 Å². The molecule has 5 heteroatoms. The maximum atomic E-state index is 12.3. The topological polar surface area (TPSA) is 77.8 Å². The lowest BCUT2D eigenvalue weighted by atomic mass is 10.0. The number of pyridine rings is 1. The van der Waals surface area contributed by atoms with E-state index >= 15 is 0 Å². The number of carbonyl (C=O) groups excluding carboxylic acids is 1. The first-order valence-electron chi connectivity index (χ1n) is 8.70. The van der Waals surface area contributed by atoms with Gasteiger partial charge in [0.15, 0.2) is 0 Å². The van der Waals surface area contributed by atoms with Gasteiger partial charge in [-0.2, -0.15) is 5.26 Å². The van der Waals surface area contributed by atoms with E-state index in [1.807, 2.05) is 18.2 Å². The van der Waals surface area contributed by atoms with E-state index in [2.05, 4.69) is 41.6 Å². The van der Waals surface area contributed by atoms with E-state index in [1.54, 1.807) is 36.4 Å². The molecule has 0 aliphatic carbocycles. The van der Waals surface area contributed by atoms with Crippen LogP contribution in [0.15, 0.2) is 66.9 Å². The van der Waals surface area contributed by atoms with Crippen molar-refractivity contribution in [3.63, 3.8) is 0 Å². The predicted molar refractivity (Wildman–Crippen MR) is 107 cm³/mol. The molecule has 3 rings (SSSR count). The number of anilines is 3. The third-order valence-corrected chi connectivity index (χ3v) is 4.12. The van der Waals surface area contributed by atoms with Crippen molar-refractivity contribution >= 4 is 23.1 Å². The number of aromatic nitrogens is 1. The summed E-state index contributed by atoms with van der Waals surface area (Å²) in [5, 5.41) is 14.9. The van der Waals surface area contributed by atoms with E-state index < -0.39 is 0 Å². The monoisotopic (exact) mass is 356 g/mol. The van der Waals surface area contributed by atoms with Crippen LogP contribution in [0.25, 0.3) is 0 Å². The highest BCUT2D eigenvalue weighted by atomic mass is 16.1. The Kier molecular flexibility index (Phi) is 5.48. The zero-order chi connectivity index (χ0) is 19.2. The number of hydrogen-bond acceptors (Lipinski definition) is 4. The Bertz CT molecular complexity index is 970. The molecule has 1 aromatic heterocycles. The first-order valence-corrected chi connectivity index (χ1v) is 8.70. The first kappa shape index (κ1) is 18.2. The Morgan fingerprint density at radius 2 is 1.81 bits per heavy atom. The number of hydrogen-bond donors (Lipinski definition) is 2. The van der Waals surface area contributed by atoms with Gasteiger partial charge in [-0.05, 0) is 53.9 Å². The van der Waals surface area contributed by atoms with Gasteiger partial charge in [0.05, 0.1) is 17.2 Å². The van der Waals surface area contributed by atoms with Crippen molar-refractivity contribution in [3.8, 4) is 6.07 Å². The van der Waals surface area contributed by atoms with E-state index in [1.165, 1.54) is 11.8 Å². The standard InChI is InChI=1S/C22H20N4O/c1-15(2)17-6-9-19(10-7-17)25-21-11-8-18(14-24-21)22(27)26-20-5-3-4-16(12-20)13-23/h3-12,14-15H,1-2H3,(H,24,25)(H,26,27). The minimum absolute atomic E-state index is 0.273. The van der Waals surface area contributed by atoms with Crippen molar-refractivity contribution in [3.05, 3.63) is 83.6 Å². The molecule has 0 aliphatic heterocycles. The fraction of sp³-hybridized carbons (Fsp3) is 0.136. The molecule has 27 heavy (non-hydrogen) atoms. The van der Waals surface area contributed by atoms with Crippen LogP contribution in [0, 0.1) is 11.3 Å². The highest BCUT2D eigenvalue weighted by molar-refractivity contribution is 6.04. The van der Waals surface area contributed by atoms with Crippen molar-refractivity contribution in [2.75, 3.05) is 10.6 Å². The maximum Gasteiger partial charge on any atom is 0.257 e. The number of nitrogens with zero attached hydrogens (tertiary/aromatic N) is 2. The van der Waals surface area contributed by atoms with Crippen LogP contribution >= 0.6 is 0 Å². The number of nitriles is 1. The Morgan fingerprint density at radius 1 is 1.04 bits per heavy atom. The quantitative estimate of drug-likeness (QED) is 0.669. The lowest BCUT2D eigenvalue weighted by Crippen LogP contribution is -2.12. The molecule has 0 spiro atoms. The Hall–Kier alpha value is -3.65. The van der Waals surface area contributed by atoms with Gasteiger partial charge in [-0.15, -0.1) is 0 Å². The summed E-state index contributed by atoms with van der Waals surface area (Å²) in [5.74, 6) is 0.879. The third-order valence-electron chi connectivity index (χ3n) is 4.12. The molecule has 0 radical (unpaired) electrons. The number of carbonyl (C=O) groups is 1. The van der Waals surface area contributed by atoms with E-state index in [0.717, 1.165) is 5.69 Å². The average molecular weight is 356 g/mol. The number of benzene rings is 2. The van der Waals surface area contributed by atoms with Gasteiger partial charge in [0, 0.05) is 17.6 Å². The molecule has 134 valence electrons. The second-order valence-electron chi connectivity index (χ2n) is 6.48. The summed E-state index contributed by atoms with van der Waals surface area (Å²) >= 11 is 0. The zero-order valence-corrected chi connectivity index (χ0v) is 15.2. The van der Waals surface area contributed by atoms with Gasteiger partial charge in [0.25, 0.3) is 5.91 Å². The molecule has 0 aliphatic rings. The highest BCUT2D eigenvalue weighted by Crippen LogP contribution is 2.20. The van der Waals surface area contributed by atoms with Crippen LogP contribution in [0.2, 0.25) is 0 Å². The molecule has 0 saturated heterocycles. The van der Waals surface area contributed by atoms with Crippen LogP contribution in [-0.2, 0) is 0 Å². The van der Waals surface area contributed by atoms with Gasteiger partial charge in [0.1, 0.15) is 5.82 Å². The summed E-state index contributed by atoms with van der Waals surface area (Å²) in [6.07, 6.45) is 1.52. The molecular formula is C22H20N4O. The molecule has 1 heterocycles. The Labute approximate surface area is 158 Å². The van der Waals surface area contributed by atoms with Gasteiger partial charge < -0.3 is 10.6 Å². The van der Waals surface area contributed by atoms with Crippen LogP contribution in [0.4, 0.5) is 17.2 Å². The summed E-state index contributed by atoms with van der Waals surface area (Å²) in [6.45, 7) is 4.31. The van der Waals surface area contributed by atoms with Crippen molar-refractivity contribution < 1.29 is 4.79 Å². The van der Waals surface area contributed by atoms with E-state index in [-0.39, 0.29) is 5.91 Å². The normalized spacial score (nSPS) is 10.3. The summed E-state index contributed by atoms with van der Waals surface area (Å²) in [4.78, 5) is 16.6.